The molecule has 1 heterocycles. The molecule has 0 radical (unpaired) electrons. The molecule has 0 bridgehead atoms. The number of carbonyl (C=O) groups excluding carboxylic acids is 1. The summed E-state index contributed by atoms with van der Waals surface area (Å²) < 4.78 is 0. The van der Waals surface area contributed by atoms with Crippen LogP contribution in [0, 0.1) is 0 Å². The molecule has 1 amide bonds. The molecule has 3 heteroatoms. The van der Waals surface area contributed by atoms with Crippen molar-refractivity contribution < 1.29 is 4.79 Å². The molecule has 0 spiro atoms. The number of rotatable bonds is 2. The van der Waals surface area contributed by atoms with Gasteiger partial charge in [-0.05, 0) is 12.8 Å². The number of aromatic nitrogens is 1. The first-order valence-corrected chi connectivity index (χ1v) is 3.99. The maximum atomic E-state index is 10.2. The van der Waals surface area contributed by atoms with Gasteiger partial charge in [-0.1, -0.05) is 12.2 Å². The summed E-state index contributed by atoms with van der Waals surface area (Å²) in [5.41, 5.74) is 3.20. The van der Waals surface area contributed by atoms with Crippen molar-refractivity contribution in [3.8, 4) is 0 Å². The van der Waals surface area contributed by atoms with Gasteiger partial charge in [-0.15, -0.1) is 0 Å². The van der Waals surface area contributed by atoms with Gasteiger partial charge < -0.3 is 10.3 Å². The molecule has 3 nitrogen and oxygen atoms in total. The molecule has 2 rings (SSSR count). The fraction of sp³-hybridized carbons (Fsp3) is 0.222. The second kappa shape index (κ2) is 2.85. The molecule has 1 aliphatic carbocycles. The Bertz CT molecular complexity index is 325. The fourth-order valence-electron chi connectivity index (χ4n) is 1.49. The zero-order valence-electron chi connectivity index (χ0n) is 6.63. The van der Waals surface area contributed by atoms with Crippen molar-refractivity contribution in [3.63, 3.8) is 0 Å². The lowest BCUT2D eigenvalue weighted by atomic mass is 10.0. The zero-order chi connectivity index (χ0) is 8.39. The number of carbonyl (C=O) groups is 1. The summed E-state index contributed by atoms with van der Waals surface area (Å²) in [5.74, 6) is 0. The van der Waals surface area contributed by atoms with Crippen LogP contribution in [-0.2, 0) is 11.2 Å². The molecule has 1 aliphatic rings. The number of H-pyrrole nitrogens is 1. The number of aromatic amines is 1. The monoisotopic (exact) mass is 162 g/mol. The highest BCUT2D eigenvalue weighted by Crippen LogP contribution is 2.25. The molecule has 62 valence electrons. The van der Waals surface area contributed by atoms with E-state index in [1.165, 1.54) is 5.69 Å². The molecule has 0 saturated carbocycles. The van der Waals surface area contributed by atoms with E-state index in [9.17, 15) is 4.79 Å². The van der Waals surface area contributed by atoms with E-state index in [0.717, 1.165) is 24.1 Å². The van der Waals surface area contributed by atoms with Gasteiger partial charge >= 0.3 is 0 Å². The average molecular weight is 162 g/mol. The predicted molar refractivity (Wildman–Crippen MR) is 47.8 cm³/mol. The number of hydrogen-bond acceptors (Lipinski definition) is 1. The molecule has 0 atom stereocenters. The summed E-state index contributed by atoms with van der Waals surface area (Å²) in [7, 11) is 0. The summed E-state index contributed by atoms with van der Waals surface area (Å²) >= 11 is 0. The first-order valence-electron chi connectivity index (χ1n) is 3.99. The van der Waals surface area contributed by atoms with E-state index < -0.39 is 0 Å². The molecule has 0 saturated heterocycles. The van der Waals surface area contributed by atoms with Gasteiger partial charge in [-0.25, -0.2) is 0 Å². The van der Waals surface area contributed by atoms with Gasteiger partial charge in [0.2, 0.25) is 6.41 Å². The quantitative estimate of drug-likeness (QED) is 0.636. The van der Waals surface area contributed by atoms with E-state index in [-0.39, 0.29) is 0 Å². The van der Waals surface area contributed by atoms with Crippen LogP contribution in [0.4, 0.5) is 5.69 Å². The Balaban J connectivity index is 2.39. The van der Waals surface area contributed by atoms with Crippen molar-refractivity contribution in [2.45, 2.75) is 12.8 Å². The molecule has 0 aromatic carbocycles. The summed E-state index contributed by atoms with van der Waals surface area (Å²) in [6, 6.07) is 0. The third kappa shape index (κ3) is 1.03. The lowest BCUT2D eigenvalue weighted by Gasteiger charge is -2.05. The number of aryl methyl sites for hydroxylation is 1. The third-order valence-electron chi connectivity index (χ3n) is 2.07. The van der Waals surface area contributed by atoms with E-state index >= 15 is 0 Å². The highest BCUT2D eigenvalue weighted by molar-refractivity contribution is 5.79. The topological polar surface area (TPSA) is 44.9 Å². The largest absolute Gasteiger partial charge is 0.363 e. The molecule has 0 aliphatic heterocycles. The molecule has 0 fully saturated rings. The second-order valence-corrected chi connectivity index (χ2v) is 2.80. The van der Waals surface area contributed by atoms with E-state index in [1.807, 2.05) is 12.3 Å². The van der Waals surface area contributed by atoms with E-state index in [4.69, 9.17) is 0 Å². The molecule has 1 aromatic heterocycles. The normalized spacial score (nSPS) is 14.0. The molecular weight excluding hydrogens is 152 g/mol. The molecule has 12 heavy (non-hydrogen) atoms. The lowest BCUT2D eigenvalue weighted by Crippen LogP contribution is -1.96. The maximum Gasteiger partial charge on any atom is 0.211 e. The Morgan fingerprint density at radius 3 is 3.33 bits per heavy atom. The lowest BCUT2D eigenvalue weighted by molar-refractivity contribution is -0.105. The summed E-state index contributed by atoms with van der Waals surface area (Å²) in [5, 5.41) is 2.65. The number of allylic oxidation sites excluding steroid dienone is 1. The SMILES string of the molecule is O=CNc1c[nH]c2c1C=CCC2. The van der Waals surface area contributed by atoms with Crippen LogP contribution in [-0.4, -0.2) is 11.4 Å². The maximum absolute atomic E-state index is 10.2. The van der Waals surface area contributed by atoms with Gasteiger partial charge in [-0.2, -0.15) is 0 Å². The summed E-state index contributed by atoms with van der Waals surface area (Å²) in [6.45, 7) is 0. The minimum absolute atomic E-state index is 0.700. The Kier molecular flexibility index (Phi) is 1.70. The van der Waals surface area contributed by atoms with Crippen molar-refractivity contribution in [2.75, 3.05) is 5.32 Å². The Morgan fingerprint density at radius 2 is 2.50 bits per heavy atom. The average Bonchev–Trinajstić information content (AvgIpc) is 2.50. The van der Waals surface area contributed by atoms with Crippen LogP contribution in [0.5, 0.6) is 0 Å². The summed E-state index contributed by atoms with van der Waals surface area (Å²) in [4.78, 5) is 13.3. The first kappa shape index (κ1) is 7.16. The van der Waals surface area contributed by atoms with E-state index in [1.54, 1.807) is 0 Å². The third-order valence-corrected chi connectivity index (χ3v) is 2.07. The number of hydrogen-bond donors (Lipinski definition) is 2. The van der Waals surface area contributed by atoms with Crippen molar-refractivity contribution >= 4 is 18.2 Å². The molecule has 1 aromatic rings. The predicted octanol–water partition coefficient (Wildman–Crippen LogP) is 1.54. The minimum Gasteiger partial charge on any atom is -0.363 e. The summed E-state index contributed by atoms with van der Waals surface area (Å²) in [6.07, 6.45) is 8.80. The standard InChI is InChI=1S/C9H10N2O/c12-6-11-9-5-10-8-4-2-1-3-7(8)9/h1,3,5-6,10H,2,4H2,(H,11,12). The Hall–Kier alpha value is -1.51. The molecular formula is C9H10N2O. The van der Waals surface area contributed by atoms with E-state index in [2.05, 4.69) is 16.4 Å². The highest BCUT2D eigenvalue weighted by Gasteiger charge is 2.09. The smallest absolute Gasteiger partial charge is 0.211 e. The van der Waals surface area contributed by atoms with Gasteiger partial charge in [-0.3, -0.25) is 4.79 Å². The minimum atomic E-state index is 0.700. The second-order valence-electron chi connectivity index (χ2n) is 2.80. The van der Waals surface area contributed by atoms with Crippen LogP contribution in [0.25, 0.3) is 6.08 Å². The van der Waals surface area contributed by atoms with Crippen LogP contribution in [0.15, 0.2) is 12.3 Å². The van der Waals surface area contributed by atoms with Crippen molar-refractivity contribution in [1.29, 1.82) is 0 Å². The number of anilines is 1. The number of nitrogens with one attached hydrogen (secondary N) is 2. The number of amides is 1. The van der Waals surface area contributed by atoms with Crippen LogP contribution >= 0.6 is 0 Å². The zero-order valence-corrected chi connectivity index (χ0v) is 6.63. The highest BCUT2D eigenvalue weighted by atomic mass is 16.1. The van der Waals surface area contributed by atoms with Gasteiger partial charge in [0.05, 0.1) is 5.69 Å². The fourth-order valence-corrected chi connectivity index (χ4v) is 1.49. The Labute approximate surface area is 70.5 Å². The number of fused-ring (bicyclic) bond motifs is 1. The van der Waals surface area contributed by atoms with Crippen molar-refractivity contribution in [1.82, 2.24) is 4.98 Å². The molecule has 2 N–H and O–H groups in total. The van der Waals surface area contributed by atoms with Gasteiger partial charge in [0.25, 0.3) is 0 Å². The van der Waals surface area contributed by atoms with Gasteiger partial charge in [0.1, 0.15) is 0 Å². The van der Waals surface area contributed by atoms with Crippen molar-refractivity contribution in [2.24, 2.45) is 0 Å². The molecule has 0 unspecified atom stereocenters. The van der Waals surface area contributed by atoms with E-state index in [0.29, 0.717) is 6.41 Å². The first-order chi connectivity index (χ1) is 5.92. The van der Waals surface area contributed by atoms with Crippen LogP contribution < -0.4 is 5.32 Å². The van der Waals surface area contributed by atoms with Crippen LogP contribution in [0.1, 0.15) is 17.7 Å². The van der Waals surface area contributed by atoms with Gasteiger partial charge in [0.15, 0.2) is 0 Å². The Morgan fingerprint density at radius 1 is 1.58 bits per heavy atom. The van der Waals surface area contributed by atoms with Crippen molar-refractivity contribution in [3.05, 3.63) is 23.5 Å². The van der Waals surface area contributed by atoms with Gasteiger partial charge in [0, 0.05) is 17.5 Å². The van der Waals surface area contributed by atoms with Crippen LogP contribution in [0.3, 0.4) is 0 Å². The van der Waals surface area contributed by atoms with Crippen LogP contribution in [0.2, 0.25) is 0 Å².